The number of amides is 1. The highest BCUT2D eigenvalue weighted by atomic mass is 32.2. The Bertz CT molecular complexity index is 816. The number of carbonyl (C=O) groups excluding carboxylic acids is 2. The summed E-state index contributed by atoms with van der Waals surface area (Å²) < 4.78 is 12.9. The van der Waals surface area contributed by atoms with E-state index < -0.39 is 0 Å². The molecule has 1 N–H and O–H groups in total. The van der Waals surface area contributed by atoms with E-state index in [9.17, 15) is 14.0 Å². The van der Waals surface area contributed by atoms with Crippen LogP contribution in [0.15, 0.2) is 30.3 Å². The largest absolute Gasteiger partial charge is 0.351 e. The molecule has 0 aliphatic carbocycles. The smallest absolute Gasteiger partial charge is 0.230 e. The summed E-state index contributed by atoms with van der Waals surface area (Å²) in [6.45, 7) is 7.94. The van der Waals surface area contributed by atoms with E-state index in [2.05, 4.69) is 5.32 Å². The normalized spacial score (nSPS) is 10.7. The van der Waals surface area contributed by atoms with E-state index >= 15 is 0 Å². The maximum atomic E-state index is 12.9. The first-order valence-corrected chi connectivity index (χ1v) is 9.64. The van der Waals surface area contributed by atoms with E-state index in [0.717, 1.165) is 33.4 Å². The molecule has 0 heterocycles. The Morgan fingerprint density at radius 2 is 1.73 bits per heavy atom. The van der Waals surface area contributed by atoms with Crippen LogP contribution >= 0.6 is 11.8 Å². The van der Waals surface area contributed by atoms with Crippen LogP contribution in [0.1, 0.15) is 45.1 Å². The molecule has 0 saturated carbocycles. The van der Waals surface area contributed by atoms with Gasteiger partial charge in [-0.3, -0.25) is 9.59 Å². The van der Waals surface area contributed by atoms with Crippen molar-refractivity contribution in [3.05, 3.63) is 69.5 Å². The van der Waals surface area contributed by atoms with E-state index in [1.807, 2.05) is 26.8 Å². The number of aryl methyl sites for hydroxylation is 2. The van der Waals surface area contributed by atoms with Crippen LogP contribution in [0.5, 0.6) is 0 Å². The summed E-state index contributed by atoms with van der Waals surface area (Å²) in [5, 5.41) is 2.84. The Morgan fingerprint density at radius 1 is 1.08 bits per heavy atom. The molecule has 5 heteroatoms. The molecule has 0 spiro atoms. The van der Waals surface area contributed by atoms with Crippen LogP contribution in [0.25, 0.3) is 0 Å². The second-order valence-electron chi connectivity index (χ2n) is 6.44. The summed E-state index contributed by atoms with van der Waals surface area (Å²) in [6, 6.07) is 8.11. The molecular formula is C21H24FNO2S. The first kappa shape index (κ1) is 20.2. The van der Waals surface area contributed by atoms with Gasteiger partial charge in [-0.15, -0.1) is 11.8 Å². The molecule has 2 aromatic carbocycles. The lowest BCUT2D eigenvalue weighted by Crippen LogP contribution is -2.24. The van der Waals surface area contributed by atoms with Crippen LogP contribution in [0.3, 0.4) is 0 Å². The Morgan fingerprint density at radius 3 is 2.35 bits per heavy atom. The van der Waals surface area contributed by atoms with Crippen molar-refractivity contribution in [2.75, 3.05) is 5.75 Å². The van der Waals surface area contributed by atoms with Gasteiger partial charge in [0.2, 0.25) is 5.91 Å². The highest BCUT2D eigenvalue weighted by Gasteiger charge is 2.14. The maximum Gasteiger partial charge on any atom is 0.230 e. The minimum atomic E-state index is -0.288. The van der Waals surface area contributed by atoms with Gasteiger partial charge in [0.15, 0.2) is 5.78 Å². The molecule has 0 aliphatic rings. The van der Waals surface area contributed by atoms with Crippen molar-refractivity contribution in [1.29, 1.82) is 0 Å². The zero-order valence-corrected chi connectivity index (χ0v) is 16.4. The van der Waals surface area contributed by atoms with Gasteiger partial charge in [-0.2, -0.15) is 0 Å². The summed E-state index contributed by atoms with van der Waals surface area (Å²) >= 11 is 1.52. The van der Waals surface area contributed by atoms with Gasteiger partial charge >= 0.3 is 0 Å². The molecule has 0 aromatic heterocycles. The second kappa shape index (κ2) is 8.99. The maximum absolute atomic E-state index is 12.9. The van der Waals surface area contributed by atoms with E-state index in [4.69, 9.17) is 0 Å². The standard InChI is InChI=1S/C21H24FNO2S/c1-13-9-14(2)21(16(4)24)15(3)19(13)11-26-12-20(25)23-10-17-5-7-18(22)8-6-17/h5-9H,10-12H2,1-4H3,(H,23,25). The quantitative estimate of drug-likeness (QED) is 0.727. The number of hydrogen-bond acceptors (Lipinski definition) is 3. The first-order valence-electron chi connectivity index (χ1n) is 8.49. The number of hydrogen-bond donors (Lipinski definition) is 1. The third-order valence-electron chi connectivity index (χ3n) is 4.37. The highest BCUT2D eigenvalue weighted by molar-refractivity contribution is 7.99. The highest BCUT2D eigenvalue weighted by Crippen LogP contribution is 2.26. The number of nitrogens with one attached hydrogen (secondary N) is 1. The fraction of sp³-hybridized carbons (Fsp3) is 0.333. The summed E-state index contributed by atoms with van der Waals surface area (Å²) in [6.07, 6.45) is 0. The van der Waals surface area contributed by atoms with Crippen LogP contribution in [0.4, 0.5) is 4.39 Å². The number of carbonyl (C=O) groups is 2. The number of halogens is 1. The van der Waals surface area contributed by atoms with Crippen LogP contribution in [-0.4, -0.2) is 17.4 Å². The molecule has 26 heavy (non-hydrogen) atoms. The molecule has 0 atom stereocenters. The zero-order chi connectivity index (χ0) is 19.3. The number of benzene rings is 2. The molecule has 3 nitrogen and oxygen atoms in total. The van der Waals surface area contributed by atoms with Gasteiger partial charge in [-0.1, -0.05) is 18.2 Å². The predicted octanol–water partition coefficient (Wildman–Crippen LogP) is 4.50. The lowest BCUT2D eigenvalue weighted by molar-refractivity contribution is -0.118. The van der Waals surface area contributed by atoms with Gasteiger partial charge in [0.05, 0.1) is 5.75 Å². The van der Waals surface area contributed by atoms with Gasteiger partial charge in [-0.25, -0.2) is 4.39 Å². The molecular weight excluding hydrogens is 349 g/mol. The second-order valence-corrected chi connectivity index (χ2v) is 7.43. The number of ketones is 1. The van der Waals surface area contributed by atoms with E-state index in [1.54, 1.807) is 19.1 Å². The number of thioether (sulfide) groups is 1. The van der Waals surface area contributed by atoms with Gasteiger partial charge in [0, 0.05) is 17.9 Å². The Kier molecular flexibility index (Phi) is 6.98. The summed E-state index contributed by atoms with van der Waals surface area (Å²) in [5.41, 5.74) is 5.92. The molecule has 1 amide bonds. The Balaban J connectivity index is 1.91. The van der Waals surface area contributed by atoms with Crippen LogP contribution in [-0.2, 0) is 17.1 Å². The third kappa shape index (κ3) is 5.18. The predicted molar refractivity (Wildman–Crippen MR) is 105 cm³/mol. The Hall–Kier alpha value is -2.14. The SMILES string of the molecule is CC(=O)c1c(C)cc(C)c(CSCC(=O)NCc2ccc(F)cc2)c1C. The minimum Gasteiger partial charge on any atom is -0.351 e. The number of Topliss-reactive ketones (excluding diaryl/α,β-unsaturated/α-hetero) is 1. The average Bonchev–Trinajstić information content (AvgIpc) is 2.56. The van der Waals surface area contributed by atoms with Crippen molar-refractivity contribution in [3.8, 4) is 0 Å². The van der Waals surface area contributed by atoms with Crippen molar-refractivity contribution in [2.45, 2.75) is 40.0 Å². The van der Waals surface area contributed by atoms with Gasteiger partial charge in [-0.05, 0) is 67.6 Å². The molecule has 0 saturated heterocycles. The summed E-state index contributed by atoms with van der Waals surface area (Å²) in [4.78, 5) is 23.9. The fourth-order valence-corrected chi connectivity index (χ4v) is 4.13. The summed E-state index contributed by atoms with van der Waals surface area (Å²) in [5.74, 6) is 0.743. The van der Waals surface area contributed by atoms with Crippen molar-refractivity contribution < 1.29 is 14.0 Å². The van der Waals surface area contributed by atoms with Gasteiger partial charge in [0.1, 0.15) is 5.82 Å². The average molecular weight is 373 g/mol. The Labute approximate surface area is 158 Å². The zero-order valence-electron chi connectivity index (χ0n) is 15.6. The monoisotopic (exact) mass is 373 g/mol. The van der Waals surface area contributed by atoms with E-state index in [-0.39, 0.29) is 17.5 Å². The van der Waals surface area contributed by atoms with Crippen molar-refractivity contribution in [2.24, 2.45) is 0 Å². The molecule has 0 aliphatic heterocycles. The molecule has 2 rings (SSSR count). The van der Waals surface area contributed by atoms with Crippen LogP contribution in [0.2, 0.25) is 0 Å². The third-order valence-corrected chi connectivity index (χ3v) is 5.32. The van der Waals surface area contributed by atoms with Crippen molar-refractivity contribution >= 4 is 23.5 Å². The molecule has 138 valence electrons. The molecule has 0 radical (unpaired) electrons. The van der Waals surface area contributed by atoms with Crippen molar-refractivity contribution in [3.63, 3.8) is 0 Å². The topological polar surface area (TPSA) is 46.2 Å². The molecule has 0 fully saturated rings. The number of rotatable bonds is 7. The van der Waals surface area contributed by atoms with E-state index in [0.29, 0.717) is 18.1 Å². The lowest BCUT2D eigenvalue weighted by Gasteiger charge is -2.15. The molecule has 2 aromatic rings. The van der Waals surface area contributed by atoms with Crippen LogP contribution in [0, 0.1) is 26.6 Å². The first-order chi connectivity index (χ1) is 12.3. The van der Waals surface area contributed by atoms with Gasteiger partial charge < -0.3 is 5.32 Å². The van der Waals surface area contributed by atoms with Crippen molar-refractivity contribution in [1.82, 2.24) is 5.32 Å². The molecule has 0 bridgehead atoms. The fourth-order valence-electron chi connectivity index (χ4n) is 3.09. The summed E-state index contributed by atoms with van der Waals surface area (Å²) in [7, 11) is 0. The lowest BCUT2D eigenvalue weighted by atomic mass is 9.92. The minimum absolute atomic E-state index is 0.0615. The van der Waals surface area contributed by atoms with Crippen LogP contribution < -0.4 is 5.32 Å². The van der Waals surface area contributed by atoms with E-state index in [1.165, 1.54) is 23.9 Å². The van der Waals surface area contributed by atoms with Gasteiger partial charge in [0.25, 0.3) is 0 Å². The molecule has 0 unspecified atom stereocenters.